The number of amides is 2. The molecule has 16 heavy (non-hydrogen) atoms. The zero-order chi connectivity index (χ0) is 11.6. The van der Waals surface area contributed by atoms with E-state index in [1.807, 2.05) is 13.8 Å². The number of rotatable bonds is 1. The molecule has 3 heterocycles. The Morgan fingerprint density at radius 2 is 2.00 bits per heavy atom. The van der Waals surface area contributed by atoms with Gasteiger partial charge in [0.25, 0.3) is 0 Å². The van der Waals surface area contributed by atoms with Gasteiger partial charge in [-0.1, -0.05) is 20.3 Å². The zero-order valence-corrected chi connectivity index (χ0v) is 9.80. The highest BCUT2D eigenvalue weighted by molar-refractivity contribution is 6.04. The summed E-state index contributed by atoms with van der Waals surface area (Å²) < 4.78 is 0. The van der Waals surface area contributed by atoms with E-state index in [9.17, 15) is 9.59 Å². The first-order valence-corrected chi connectivity index (χ1v) is 6.16. The maximum atomic E-state index is 12.2. The summed E-state index contributed by atoms with van der Waals surface area (Å²) >= 11 is 0. The molecule has 4 rings (SSSR count). The molecule has 2 bridgehead atoms. The number of fused-ring (bicyclic) bond motifs is 2. The lowest BCUT2D eigenvalue weighted by Gasteiger charge is -2.55. The van der Waals surface area contributed by atoms with Gasteiger partial charge in [-0.3, -0.25) is 9.59 Å². The molecule has 4 heteroatoms. The molecule has 4 nitrogen and oxygen atoms in total. The molecule has 0 aromatic carbocycles. The van der Waals surface area contributed by atoms with E-state index in [-0.39, 0.29) is 17.7 Å². The Kier molecular flexibility index (Phi) is 1.76. The lowest BCUT2D eigenvalue weighted by atomic mass is 9.64. The molecule has 2 N–H and O–H groups in total. The van der Waals surface area contributed by atoms with Crippen LogP contribution in [-0.4, -0.2) is 22.9 Å². The standard InChI is InChI=1S/C12H18N2O2/c1-7(2)12-6-8-4-3-5-11(8,9(15)14-12)13-10(12)16/h7-8H,3-6H2,1-2H3,(H,13,16)(H,14,15)/t8-,11-,12+/m1/s1. The summed E-state index contributed by atoms with van der Waals surface area (Å²) in [5, 5.41) is 6.00. The maximum absolute atomic E-state index is 12.2. The van der Waals surface area contributed by atoms with Crippen molar-refractivity contribution in [1.29, 1.82) is 0 Å². The summed E-state index contributed by atoms with van der Waals surface area (Å²) in [6.45, 7) is 4.01. The summed E-state index contributed by atoms with van der Waals surface area (Å²) in [5.74, 6) is 0.575. The fourth-order valence-electron chi connectivity index (χ4n) is 3.73. The third-order valence-corrected chi connectivity index (χ3v) is 4.86. The van der Waals surface area contributed by atoms with Gasteiger partial charge in [-0.2, -0.15) is 0 Å². The molecule has 1 spiro atoms. The van der Waals surface area contributed by atoms with E-state index in [1.54, 1.807) is 0 Å². The van der Waals surface area contributed by atoms with Gasteiger partial charge in [0.1, 0.15) is 11.1 Å². The van der Waals surface area contributed by atoms with Crippen molar-refractivity contribution in [3.8, 4) is 0 Å². The van der Waals surface area contributed by atoms with Gasteiger partial charge >= 0.3 is 0 Å². The first kappa shape index (κ1) is 10.1. The van der Waals surface area contributed by atoms with Crippen molar-refractivity contribution >= 4 is 11.8 Å². The quantitative estimate of drug-likeness (QED) is 0.681. The molecule has 0 aromatic rings. The summed E-state index contributed by atoms with van der Waals surface area (Å²) in [7, 11) is 0. The average Bonchev–Trinajstić information content (AvgIpc) is 2.61. The van der Waals surface area contributed by atoms with Gasteiger partial charge < -0.3 is 10.6 Å². The summed E-state index contributed by atoms with van der Waals surface area (Å²) in [6.07, 6.45) is 3.75. The van der Waals surface area contributed by atoms with Crippen LogP contribution in [0.1, 0.15) is 39.5 Å². The minimum absolute atomic E-state index is 0.0280. The molecule has 1 aliphatic carbocycles. The maximum Gasteiger partial charge on any atom is 0.246 e. The normalized spacial score (nSPS) is 45.6. The Morgan fingerprint density at radius 1 is 1.25 bits per heavy atom. The minimum Gasteiger partial charge on any atom is -0.339 e. The van der Waals surface area contributed by atoms with Gasteiger partial charge in [-0.25, -0.2) is 0 Å². The topological polar surface area (TPSA) is 58.2 Å². The summed E-state index contributed by atoms with van der Waals surface area (Å²) in [5.41, 5.74) is -1.21. The van der Waals surface area contributed by atoms with Crippen LogP contribution in [0.5, 0.6) is 0 Å². The van der Waals surface area contributed by atoms with Crippen LogP contribution in [0.2, 0.25) is 0 Å². The predicted molar refractivity (Wildman–Crippen MR) is 58.5 cm³/mol. The SMILES string of the molecule is CC(C)[C@@]12C[C@H]3CCC[C@]3(NC1=O)C(=O)N2. The molecule has 0 aromatic heterocycles. The van der Waals surface area contributed by atoms with Gasteiger partial charge in [0.2, 0.25) is 11.8 Å². The molecule has 88 valence electrons. The smallest absolute Gasteiger partial charge is 0.246 e. The molecule has 2 amide bonds. The first-order chi connectivity index (χ1) is 7.51. The fraction of sp³-hybridized carbons (Fsp3) is 0.833. The second kappa shape index (κ2) is 2.79. The van der Waals surface area contributed by atoms with Crippen molar-refractivity contribution < 1.29 is 9.59 Å². The highest BCUT2D eigenvalue weighted by Crippen LogP contribution is 2.49. The molecule has 4 fully saturated rings. The van der Waals surface area contributed by atoms with Crippen molar-refractivity contribution in [2.45, 2.75) is 50.6 Å². The van der Waals surface area contributed by atoms with E-state index < -0.39 is 11.1 Å². The van der Waals surface area contributed by atoms with E-state index in [0.29, 0.717) is 5.92 Å². The Hall–Kier alpha value is -1.06. The Morgan fingerprint density at radius 3 is 2.69 bits per heavy atom. The van der Waals surface area contributed by atoms with Gasteiger partial charge in [-0.15, -0.1) is 0 Å². The number of piperidine rings is 2. The van der Waals surface area contributed by atoms with Gasteiger partial charge in [-0.05, 0) is 31.1 Å². The van der Waals surface area contributed by atoms with Crippen LogP contribution in [0.4, 0.5) is 0 Å². The van der Waals surface area contributed by atoms with Gasteiger partial charge in [0.05, 0.1) is 0 Å². The van der Waals surface area contributed by atoms with E-state index >= 15 is 0 Å². The monoisotopic (exact) mass is 222 g/mol. The van der Waals surface area contributed by atoms with E-state index in [1.165, 1.54) is 0 Å². The van der Waals surface area contributed by atoms with Crippen molar-refractivity contribution in [3.63, 3.8) is 0 Å². The van der Waals surface area contributed by atoms with Crippen molar-refractivity contribution in [2.75, 3.05) is 0 Å². The molecule has 3 atom stereocenters. The van der Waals surface area contributed by atoms with Crippen molar-refractivity contribution in [2.24, 2.45) is 11.8 Å². The lowest BCUT2D eigenvalue weighted by Crippen LogP contribution is -2.82. The Labute approximate surface area is 95.2 Å². The number of carbonyl (C=O) groups is 2. The average molecular weight is 222 g/mol. The van der Waals surface area contributed by atoms with E-state index in [2.05, 4.69) is 10.6 Å². The molecule has 0 radical (unpaired) electrons. The van der Waals surface area contributed by atoms with Crippen molar-refractivity contribution in [1.82, 2.24) is 10.6 Å². The molecule has 3 saturated heterocycles. The molecular weight excluding hydrogens is 204 g/mol. The summed E-state index contributed by atoms with van der Waals surface area (Å²) in [6, 6.07) is 0. The number of hydrogen-bond donors (Lipinski definition) is 2. The second-order valence-corrected chi connectivity index (χ2v) is 5.80. The number of piperazine rings is 1. The van der Waals surface area contributed by atoms with Crippen LogP contribution < -0.4 is 10.6 Å². The molecule has 0 unspecified atom stereocenters. The molecule has 3 aliphatic heterocycles. The minimum atomic E-state index is -0.645. The number of carbonyl (C=O) groups excluding carboxylic acids is 2. The predicted octanol–water partition coefficient (Wildman–Crippen LogP) is 0.570. The van der Waals surface area contributed by atoms with Crippen LogP contribution in [-0.2, 0) is 9.59 Å². The zero-order valence-electron chi connectivity index (χ0n) is 9.80. The molecule has 1 saturated carbocycles. The first-order valence-electron chi connectivity index (χ1n) is 6.16. The van der Waals surface area contributed by atoms with E-state index in [0.717, 1.165) is 25.7 Å². The Balaban J connectivity index is 2.08. The highest BCUT2D eigenvalue weighted by Gasteiger charge is 2.65. The van der Waals surface area contributed by atoms with Crippen LogP contribution in [0, 0.1) is 11.8 Å². The molecular formula is C12H18N2O2. The van der Waals surface area contributed by atoms with E-state index in [4.69, 9.17) is 0 Å². The number of hydrogen-bond acceptors (Lipinski definition) is 2. The van der Waals surface area contributed by atoms with Gasteiger partial charge in [0, 0.05) is 0 Å². The largest absolute Gasteiger partial charge is 0.339 e. The summed E-state index contributed by atoms with van der Waals surface area (Å²) in [4.78, 5) is 24.4. The second-order valence-electron chi connectivity index (χ2n) is 5.80. The number of nitrogens with one attached hydrogen (secondary N) is 2. The molecule has 4 aliphatic rings. The van der Waals surface area contributed by atoms with Crippen molar-refractivity contribution in [3.05, 3.63) is 0 Å². The van der Waals surface area contributed by atoms with Crippen LogP contribution in [0.25, 0.3) is 0 Å². The lowest BCUT2D eigenvalue weighted by molar-refractivity contribution is -0.158. The van der Waals surface area contributed by atoms with Crippen LogP contribution in [0.15, 0.2) is 0 Å². The van der Waals surface area contributed by atoms with Crippen LogP contribution >= 0.6 is 0 Å². The Bertz CT molecular complexity index is 373. The van der Waals surface area contributed by atoms with Crippen LogP contribution in [0.3, 0.4) is 0 Å². The third-order valence-electron chi connectivity index (χ3n) is 4.86. The third kappa shape index (κ3) is 0.913. The highest BCUT2D eigenvalue weighted by atomic mass is 16.2. The van der Waals surface area contributed by atoms with Gasteiger partial charge in [0.15, 0.2) is 0 Å². The fourth-order valence-corrected chi connectivity index (χ4v) is 3.73.